The Balaban J connectivity index is 1.95. The summed E-state index contributed by atoms with van der Waals surface area (Å²) in [4.78, 5) is 12.6. The number of benzene rings is 2. The molecule has 32 heavy (non-hydrogen) atoms. The molecule has 0 unspecified atom stereocenters. The van der Waals surface area contributed by atoms with Crippen LogP contribution in [0.2, 0.25) is 0 Å². The first kappa shape index (κ1) is 21.2. The van der Waals surface area contributed by atoms with Gasteiger partial charge >= 0.3 is 0 Å². The molecule has 2 aromatic carbocycles. The Labute approximate surface area is 183 Å². The number of nitrogens with one attached hydrogen (secondary N) is 1. The zero-order chi connectivity index (χ0) is 23.0. The minimum absolute atomic E-state index is 0.0169. The molecule has 2 heterocycles. The number of nitrogen functional groups attached to an aromatic ring is 1. The van der Waals surface area contributed by atoms with Crippen molar-refractivity contribution in [2.45, 2.75) is 17.9 Å². The fourth-order valence-corrected chi connectivity index (χ4v) is 4.29. The first-order valence-corrected chi connectivity index (χ1v) is 11.3. The molecular formula is C21H18FN7O2S. The molecule has 1 atom stereocenters. The number of hydrogen-bond acceptors (Lipinski definition) is 8. The lowest BCUT2D eigenvalue weighted by Crippen LogP contribution is -2.16. The molecule has 2 aromatic heterocycles. The minimum atomic E-state index is -3.60. The van der Waals surface area contributed by atoms with Gasteiger partial charge in [0.05, 0.1) is 33.9 Å². The number of hydrogen-bond donors (Lipinski definition) is 2. The van der Waals surface area contributed by atoms with Crippen molar-refractivity contribution in [2.75, 3.05) is 17.3 Å². The number of rotatable bonds is 5. The van der Waals surface area contributed by atoms with E-state index < -0.39 is 21.7 Å². The average molecular weight is 451 g/mol. The molecule has 0 bridgehead atoms. The summed E-state index contributed by atoms with van der Waals surface area (Å²) in [5, 5.41) is 12.4. The Kier molecular flexibility index (Phi) is 5.23. The van der Waals surface area contributed by atoms with Gasteiger partial charge in [0.15, 0.2) is 9.84 Å². The average Bonchev–Trinajstić information content (AvgIpc) is 3.12. The van der Waals surface area contributed by atoms with Gasteiger partial charge in [0.1, 0.15) is 29.1 Å². The van der Waals surface area contributed by atoms with E-state index in [1.807, 2.05) is 6.07 Å². The first-order chi connectivity index (χ1) is 15.2. The quantitative estimate of drug-likeness (QED) is 0.472. The third kappa shape index (κ3) is 3.83. The maximum Gasteiger partial charge on any atom is 0.222 e. The third-order valence-electron chi connectivity index (χ3n) is 4.82. The maximum absolute atomic E-state index is 14.1. The molecule has 0 aliphatic heterocycles. The summed E-state index contributed by atoms with van der Waals surface area (Å²) >= 11 is 0. The van der Waals surface area contributed by atoms with Gasteiger partial charge in [0, 0.05) is 12.3 Å². The van der Waals surface area contributed by atoms with Crippen LogP contribution in [0.1, 0.15) is 24.4 Å². The van der Waals surface area contributed by atoms with Crippen molar-refractivity contribution in [3.05, 3.63) is 65.9 Å². The van der Waals surface area contributed by atoms with E-state index in [0.717, 1.165) is 6.26 Å². The highest BCUT2D eigenvalue weighted by Gasteiger charge is 2.23. The van der Waals surface area contributed by atoms with Crippen LogP contribution >= 0.6 is 0 Å². The number of para-hydroxylation sites is 1. The molecular weight excluding hydrogens is 433 g/mol. The molecule has 162 valence electrons. The molecule has 0 aliphatic carbocycles. The highest BCUT2D eigenvalue weighted by Crippen LogP contribution is 2.31. The van der Waals surface area contributed by atoms with Crippen LogP contribution in [0.3, 0.4) is 0 Å². The van der Waals surface area contributed by atoms with Gasteiger partial charge in [0.25, 0.3) is 0 Å². The Morgan fingerprint density at radius 1 is 1.22 bits per heavy atom. The lowest BCUT2D eigenvalue weighted by Gasteiger charge is -2.19. The van der Waals surface area contributed by atoms with E-state index in [-0.39, 0.29) is 22.2 Å². The number of aromatic nitrogens is 4. The van der Waals surface area contributed by atoms with Crippen molar-refractivity contribution in [3.63, 3.8) is 0 Å². The van der Waals surface area contributed by atoms with E-state index in [2.05, 4.69) is 20.3 Å². The van der Waals surface area contributed by atoms with Crippen molar-refractivity contribution in [2.24, 2.45) is 0 Å². The normalized spacial score (nSPS) is 12.4. The van der Waals surface area contributed by atoms with E-state index >= 15 is 0 Å². The molecule has 0 saturated heterocycles. The second kappa shape index (κ2) is 7.90. The van der Waals surface area contributed by atoms with Crippen molar-refractivity contribution in [3.8, 4) is 11.8 Å². The van der Waals surface area contributed by atoms with Crippen LogP contribution in [-0.2, 0) is 9.84 Å². The van der Waals surface area contributed by atoms with Gasteiger partial charge in [-0.3, -0.25) is 4.57 Å². The number of halogens is 1. The zero-order valence-corrected chi connectivity index (χ0v) is 17.9. The standard InChI is InChI=1S/C21H18FN7O2S/c1-12(26-19-13(10-23)11-25-21(24)28-19)20-27-15-8-7-14(22)9-17(15)29(20)16-5-3-4-6-18(16)32(2,30)31/h3-9,11-12H,1-2H3,(H3,24,25,26,28)/t12-/m1/s1. The van der Waals surface area contributed by atoms with Crippen LogP contribution in [-0.4, -0.2) is 34.2 Å². The topological polar surface area (TPSA) is 140 Å². The van der Waals surface area contributed by atoms with E-state index in [1.54, 1.807) is 29.7 Å². The molecule has 0 fully saturated rings. The number of imidazole rings is 1. The highest BCUT2D eigenvalue weighted by atomic mass is 32.2. The van der Waals surface area contributed by atoms with Crippen molar-refractivity contribution < 1.29 is 12.8 Å². The van der Waals surface area contributed by atoms with Crippen molar-refractivity contribution >= 4 is 32.6 Å². The van der Waals surface area contributed by atoms with Crippen LogP contribution in [0, 0.1) is 17.1 Å². The fourth-order valence-electron chi connectivity index (χ4n) is 3.42. The van der Waals surface area contributed by atoms with E-state index in [0.29, 0.717) is 22.5 Å². The van der Waals surface area contributed by atoms with Crippen LogP contribution in [0.5, 0.6) is 0 Å². The lowest BCUT2D eigenvalue weighted by atomic mass is 10.2. The van der Waals surface area contributed by atoms with Crippen LogP contribution in [0.4, 0.5) is 16.2 Å². The monoisotopic (exact) mass is 451 g/mol. The molecule has 0 aliphatic rings. The molecule has 9 nitrogen and oxygen atoms in total. The molecule has 11 heteroatoms. The van der Waals surface area contributed by atoms with E-state index in [1.165, 1.54) is 30.5 Å². The molecule has 0 radical (unpaired) electrons. The summed E-state index contributed by atoms with van der Waals surface area (Å²) in [5.74, 6) is 0.0890. The number of fused-ring (bicyclic) bond motifs is 1. The summed E-state index contributed by atoms with van der Waals surface area (Å²) in [6.45, 7) is 1.76. The Bertz CT molecular complexity index is 1490. The SMILES string of the molecule is C[C@@H](Nc1nc(N)ncc1C#N)c1nc2ccc(F)cc2n1-c1ccccc1S(C)(=O)=O. The second-order valence-corrected chi connectivity index (χ2v) is 9.13. The Morgan fingerprint density at radius 2 is 1.97 bits per heavy atom. The van der Waals surface area contributed by atoms with Crippen LogP contribution in [0.15, 0.2) is 53.6 Å². The summed E-state index contributed by atoms with van der Waals surface area (Å²) in [6.07, 6.45) is 2.41. The van der Waals surface area contributed by atoms with Gasteiger partial charge in [-0.15, -0.1) is 0 Å². The van der Waals surface area contributed by atoms with Gasteiger partial charge in [-0.1, -0.05) is 12.1 Å². The number of sulfone groups is 1. The molecule has 4 rings (SSSR count). The summed E-state index contributed by atoms with van der Waals surface area (Å²) in [6, 6.07) is 11.9. The second-order valence-electron chi connectivity index (χ2n) is 7.15. The fraction of sp³-hybridized carbons (Fsp3) is 0.143. The van der Waals surface area contributed by atoms with Crippen molar-refractivity contribution in [1.82, 2.24) is 19.5 Å². The van der Waals surface area contributed by atoms with Gasteiger partial charge < -0.3 is 11.1 Å². The van der Waals surface area contributed by atoms with Crippen LogP contribution in [0.25, 0.3) is 16.7 Å². The predicted molar refractivity (Wildman–Crippen MR) is 117 cm³/mol. The number of nitrogens with zero attached hydrogens (tertiary/aromatic N) is 5. The summed E-state index contributed by atoms with van der Waals surface area (Å²) in [7, 11) is -3.60. The maximum atomic E-state index is 14.1. The molecule has 0 spiro atoms. The third-order valence-corrected chi connectivity index (χ3v) is 5.96. The number of anilines is 2. The minimum Gasteiger partial charge on any atom is -0.368 e. The van der Waals surface area contributed by atoms with Gasteiger partial charge in [-0.2, -0.15) is 10.2 Å². The van der Waals surface area contributed by atoms with Crippen molar-refractivity contribution in [1.29, 1.82) is 5.26 Å². The molecule has 0 saturated carbocycles. The van der Waals surface area contributed by atoms with E-state index in [4.69, 9.17) is 5.73 Å². The van der Waals surface area contributed by atoms with Crippen LogP contribution < -0.4 is 11.1 Å². The highest BCUT2D eigenvalue weighted by molar-refractivity contribution is 7.90. The zero-order valence-electron chi connectivity index (χ0n) is 17.1. The Morgan fingerprint density at radius 3 is 2.69 bits per heavy atom. The van der Waals surface area contributed by atoms with Gasteiger partial charge in [-0.25, -0.2) is 22.8 Å². The number of nitriles is 1. The number of nitrogens with two attached hydrogens (primary N) is 1. The molecule has 4 aromatic rings. The molecule has 0 amide bonds. The van der Waals surface area contributed by atoms with Gasteiger partial charge in [0.2, 0.25) is 5.95 Å². The smallest absolute Gasteiger partial charge is 0.222 e. The van der Waals surface area contributed by atoms with E-state index in [9.17, 15) is 18.1 Å². The largest absolute Gasteiger partial charge is 0.368 e. The Hall–Kier alpha value is -4.04. The lowest BCUT2D eigenvalue weighted by molar-refractivity contribution is 0.601. The summed E-state index contributed by atoms with van der Waals surface area (Å²) < 4.78 is 40.6. The van der Waals surface area contributed by atoms with Gasteiger partial charge in [-0.05, 0) is 31.2 Å². The summed E-state index contributed by atoms with van der Waals surface area (Å²) in [5.41, 5.74) is 7.04. The molecule has 3 N–H and O–H groups in total. The predicted octanol–water partition coefficient (Wildman–Crippen LogP) is 2.99. The first-order valence-electron chi connectivity index (χ1n) is 9.45.